The molecule has 6 heteroatoms. The minimum absolute atomic E-state index is 0.337. The zero-order valence-corrected chi connectivity index (χ0v) is 12.9. The van der Waals surface area contributed by atoms with E-state index in [-0.39, 0.29) is 5.54 Å². The van der Waals surface area contributed by atoms with Gasteiger partial charge in [0.15, 0.2) is 5.78 Å². The summed E-state index contributed by atoms with van der Waals surface area (Å²) in [5.74, 6) is -0.448. The zero-order chi connectivity index (χ0) is 13.8. The fraction of sp³-hybridized carbons (Fsp3) is 0.917. The van der Waals surface area contributed by atoms with Gasteiger partial charge in [-0.3, -0.25) is 9.56 Å². The summed E-state index contributed by atoms with van der Waals surface area (Å²) in [5, 5.41) is 0. The van der Waals surface area contributed by atoms with Crippen molar-refractivity contribution in [1.29, 1.82) is 0 Å². The second-order valence-electron chi connectivity index (χ2n) is 4.86. The largest absolute Gasteiger partial charge is 0.357 e. The Bertz CT molecular complexity index is 334. The quantitative estimate of drug-likeness (QED) is 0.670. The molecule has 1 aliphatic rings. The molecule has 106 valence electrons. The average molecular weight is 276 g/mol. The first kappa shape index (κ1) is 15.7. The first-order chi connectivity index (χ1) is 8.42. The molecule has 0 amide bonds. The fourth-order valence-electron chi connectivity index (χ4n) is 2.22. The van der Waals surface area contributed by atoms with Gasteiger partial charge in [-0.15, -0.1) is 0 Å². The first-order valence-electron chi connectivity index (χ1n) is 6.61. The Balaban J connectivity index is 2.94. The minimum atomic E-state index is -3.19. The predicted molar refractivity (Wildman–Crippen MR) is 74.2 cm³/mol. The van der Waals surface area contributed by atoms with E-state index in [1.807, 2.05) is 27.7 Å². The van der Waals surface area contributed by atoms with Crippen LogP contribution in [0.4, 0.5) is 0 Å². The number of nitrogens with zero attached hydrogens (tertiary/aromatic N) is 2. The summed E-state index contributed by atoms with van der Waals surface area (Å²) in [6.45, 7) is 11.5. The fourth-order valence-corrected chi connectivity index (χ4v) is 4.44. The molecule has 1 heterocycles. The molecule has 1 unspecified atom stereocenters. The van der Waals surface area contributed by atoms with Gasteiger partial charge in [0, 0.05) is 6.54 Å². The van der Waals surface area contributed by atoms with E-state index >= 15 is 0 Å². The molecule has 0 fully saturated rings. The third-order valence-corrected chi connectivity index (χ3v) is 5.70. The lowest BCUT2D eigenvalue weighted by Gasteiger charge is -2.37. The van der Waals surface area contributed by atoms with Crippen molar-refractivity contribution in [2.24, 2.45) is 4.99 Å². The average Bonchev–Trinajstić information content (AvgIpc) is 2.56. The van der Waals surface area contributed by atoms with Gasteiger partial charge in [0.05, 0.1) is 25.1 Å². The van der Waals surface area contributed by atoms with Crippen LogP contribution < -0.4 is 0 Å². The van der Waals surface area contributed by atoms with Gasteiger partial charge in [0.2, 0.25) is 0 Å². The normalized spacial score (nSPS) is 22.7. The maximum absolute atomic E-state index is 12.8. The van der Waals surface area contributed by atoms with E-state index in [1.165, 1.54) is 0 Å². The van der Waals surface area contributed by atoms with Crippen molar-refractivity contribution in [1.82, 2.24) is 4.90 Å². The molecule has 0 radical (unpaired) electrons. The van der Waals surface area contributed by atoms with Gasteiger partial charge in [-0.05, 0) is 34.1 Å². The van der Waals surface area contributed by atoms with Crippen LogP contribution in [0.3, 0.4) is 0 Å². The predicted octanol–water partition coefficient (Wildman–Crippen LogP) is 3.11. The number of hydrogen-bond acceptors (Lipinski definition) is 5. The van der Waals surface area contributed by atoms with Crippen LogP contribution in [0.25, 0.3) is 0 Å². The first-order valence-corrected chi connectivity index (χ1v) is 8.22. The molecule has 0 aromatic carbocycles. The summed E-state index contributed by atoms with van der Waals surface area (Å²) >= 11 is 0. The van der Waals surface area contributed by atoms with Crippen molar-refractivity contribution in [3.8, 4) is 0 Å². The van der Waals surface area contributed by atoms with Crippen LogP contribution in [0.1, 0.15) is 41.0 Å². The molecule has 0 bridgehead atoms. The van der Waals surface area contributed by atoms with Crippen molar-refractivity contribution in [2.45, 2.75) is 52.4 Å². The van der Waals surface area contributed by atoms with Gasteiger partial charge < -0.3 is 13.9 Å². The molecule has 18 heavy (non-hydrogen) atoms. The minimum Gasteiger partial charge on any atom is -0.355 e. The third-order valence-electron chi connectivity index (χ3n) is 3.10. The lowest BCUT2D eigenvalue weighted by molar-refractivity contribution is 0.176. The van der Waals surface area contributed by atoms with E-state index in [4.69, 9.17) is 9.05 Å². The van der Waals surface area contributed by atoms with E-state index in [0.717, 1.165) is 13.0 Å². The van der Waals surface area contributed by atoms with Gasteiger partial charge in [-0.2, -0.15) is 0 Å². The summed E-state index contributed by atoms with van der Waals surface area (Å²) in [7, 11) is -3.19. The van der Waals surface area contributed by atoms with Crippen LogP contribution in [0.15, 0.2) is 4.99 Å². The second kappa shape index (κ2) is 6.18. The summed E-state index contributed by atoms with van der Waals surface area (Å²) < 4.78 is 23.6. The third kappa shape index (κ3) is 2.95. The molecule has 1 atom stereocenters. The van der Waals surface area contributed by atoms with E-state index in [1.54, 1.807) is 6.34 Å². The highest BCUT2D eigenvalue weighted by atomic mass is 31.2. The van der Waals surface area contributed by atoms with Crippen LogP contribution >= 0.6 is 7.60 Å². The Labute approximate surface area is 110 Å². The highest BCUT2D eigenvalue weighted by molar-refractivity contribution is 7.54. The summed E-state index contributed by atoms with van der Waals surface area (Å²) in [6, 6.07) is 0. The molecule has 0 aliphatic carbocycles. The molecular weight excluding hydrogens is 251 g/mol. The summed E-state index contributed by atoms with van der Waals surface area (Å²) in [6.07, 6.45) is 2.80. The van der Waals surface area contributed by atoms with Crippen LogP contribution in [-0.2, 0) is 13.6 Å². The van der Waals surface area contributed by atoms with Gasteiger partial charge >= 0.3 is 7.60 Å². The van der Waals surface area contributed by atoms with Crippen molar-refractivity contribution >= 4 is 13.9 Å². The van der Waals surface area contributed by atoms with Crippen molar-refractivity contribution < 1.29 is 13.6 Å². The molecule has 0 spiro atoms. The van der Waals surface area contributed by atoms with Crippen LogP contribution in [0.5, 0.6) is 0 Å². The molecule has 0 N–H and O–H groups in total. The zero-order valence-electron chi connectivity index (χ0n) is 12.0. The SMILES string of the molecule is CCCN1C=NC(P(=O)(OCC)OCC)C1(C)C. The van der Waals surface area contributed by atoms with Crippen molar-refractivity contribution in [3.05, 3.63) is 0 Å². The standard InChI is InChI=1S/C12H25N2O3P/c1-6-9-14-10-13-11(12(14,4)5)18(15,16-7-2)17-8-3/h10-11H,6-9H2,1-5H3. The van der Waals surface area contributed by atoms with Crippen molar-refractivity contribution in [3.63, 3.8) is 0 Å². The van der Waals surface area contributed by atoms with Crippen LogP contribution in [0.2, 0.25) is 0 Å². The lowest BCUT2D eigenvalue weighted by atomic mass is 10.0. The molecular formula is C12H25N2O3P. The molecule has 0 saturated heterocycles. The monoisotopic (exact) mass is 276 g/mol. The summed E-state index contributed by atoms with van der Waals surface area (Å²) in [4.78, 5) is 6.50. The second-order valence-corrected chi connectivity index (χ2v) is 6.95. The van der Waals surface area contributed by atoms with Gasteiger partial charge in [0.25, 0.3) is 0 Å². The Morgan fingerprint density at radius 3 is 2.28 bits per heavy atom. The maximum atomic E-state index is 12.8. The van der Waals surface area contributed by atoms with Crippen molar-refractivity contribution in [2.75, 3.05) is 19.8 Å². The Hall–Kier alpha value is -0.380. The van der Waals surface area contributed by atoms with Gasteiger partial charge in [0.1, 0.15) is 0 Å². The number of rotatable bonds is 7. The van der Waals surface area contributed by atoms with E-state index in [2.05, 4.69) is 16.8 Å². The smallest absolute Gasteiger partial charge is 0.355 e. The van der Waals surface area contributed by atoms with Gasteiger partial charge in [-0.25, -0.2) is 0 Å². The van der Waals surface area contributed by atoms with Gasteiger partial charge in [-0.1, -0.05) is 6.92 Å². The number of aliphatic imine (C=N–C) groups is 1. The molecule has 1 aliphatic heterocycles. The Kier molecular flexibility index (Phi) is 5.38. The molecule has 0 aromatic rings. The van der Waals surface area contributed by atoms with Crippen LogP contribution in [0, 0.1) is 0 Å². The Morgan fingerprint density at radius 1 is 1.28 bits per heavy atom. The Morgan fingerprint density at radius 2 is 1.83 bits per heavy atom. The molecule has 5 nitrogen and oxygen atoms in total. The molecule has 0 saturated carbocycles. The van der Waals surface area contributed by atoms with E-state index in [9.17, 15) is 4.57 Å². The maximum Gasteiger partial charge on any atom is 0.357 e. The number of hydrogen-bond donors (Lipinski definition) is 0. The molecule has 1 rings (SSSR count). The highest BCUT2D eigenvalue weighted by Crippen LogP contribution is 2.59. The molecule has 0 aromatic heterocycles. The van der Waals surface area contributed by atoms with Crippen LogP contribution in [-0.4, -0.2) is 42.3 Å². The summed E-state index contributed by atoms with van der Waals surface area (Å²) in [5.41, 5.74) is -0.337. The lowest BCUT2D eigenvalue weighted by Crippen LogP contribution is -2.46. The van der Waals surface area contributed by atoms with E-state index < -0.39 is 13.4 Å². The van der Waals surface area contributed by atoms with E-state index in [0.29, 0.717) is 13.2 Å². The highest BCUT2D eigenvalue weighted by Gasteiger charge is 2.51. The topological polar surface area (TPSA) is 51.1 Å².